The SMILES string of the molecule is CC/C=C(/C(C)=C\C(N)=NC)N1CCc2ncc(N/C(C)=C\F)cc2C1. The third kappa shape index (κ3) is 4.94. The molecule has 0 atom stereocenters. The Morgan fingerprint density at radius 2 is 2.23 bits per heavy atom. The molecular weight excluding hydrogens is 329 g/mol. The van der Waals surface area contributed by atoms with Crippen LogP contribution >= 0.6 is 0 Å². The molecule has 0 aromatic carbocycles. The largest absolute Gasteiger partial charge is 0.384 e. The van der Waals surface area contributed by atoms with Crippen molar-refractivity contribution in [2.75, 3.05) is 18.9 Å². The highest BCUT2D eigenvalue weighted by Gasteiger charge is 2.20. The van der Waals surface area contributed by atoms with Crippen LogP contribution in [0.25, 0.3) is 0 Å². The fraction of sp³-hybridized carbons (Fsp3) is 0.400. The summed E-state index contributed by atoms with van der Waals surface area (Å²) in [6.45, 7) is 7.52. The van der Waals surface area contributed by atoms with Crippen molar-refractivity contribution < 1.29 is 4.39 Å². The van der Waals surface area contributed by atoms with Crippen molar-refractivity contribution in [3.8, 4) is 0 Å². The van der Waals surface area contributed by atoms with Crippen molar-refractivity contribution in [2.45, 2.75) is 40.2 Å². The zero-order valence-corrected chi connectivity index (χ0v) is 16.0. The molecule has 1 aliphatic heterocycles. The van der Waals surface area contributed by atoms with Crippen LogP contribution < -0.4 is 11.1 Å². The first-order valence-corrected chi connectivity index (χ1v) is 8.86. The molecule has 0 saturated carbocycles. The summed E-state index contributed by atoms with van der Waals surface area (Å²) in [5.74, 6) is 0.517. The van der Waals surface area contributed by atoms with Gasteiger partial charge in [-0.2, -0.15) is 0 Å². The van der Waals surface area contributed by atoms with Crippen LogP contribution in [0.1, 0.15) is 38.4 Å². The number of pyridine rings is 1. The molecule has 1 aliphatic rings. The number of nitrogens with one attached hydrogen (secondary N) is 1. The molecule has 0 saturated heterocycles. The van der Waals surface area contributed by atoms with Gasteiger partial charge in [-0.25, -0.2) is 4.39 Å². The van der Waals surface area contributed by atoms with Crippen molar-refractivity contribution in [2.24, 2.45) is 10.7 Å². The number of allylic oxidation sites excluding steroid dienone is 3. The average molecular weight is 357 g/mol. The molecule has 0 spiro atoms. The smallest absolute Gasteiger partial charge is 0.118 e. The fourth-order valence-electron chi connectivity index (χ4n) is 3.05. The van der Waals surface area contributed by atoms with Gasteiger partial charge < -0.3 is 16.0 Å². The molecule has 140 valence electrons. The van der Waals surface area contributed by atoms with Crippen molar-refractivity contribution in [1.29, 1.82) is 0 Å². The number of fused-ring (bicyclic) bond motifs is 1. The molecule has 6 heteroatoms. The first-order chi connectivity index (χ1) is 12.5. The Labute approximate surface area is 155 Å². The Balaban J connectivity index is 2.27. The number of nitrogens with two attached hydrogens (primary N) is 1. The number of halogens is 1. The number of anilines is 1. The predicted octanol–water partition coefficient (Wildman–Crippen LogP) is 3.91. The molecule has 1 aromatic heterocycles. The van der Waals surface area contributed by atoms with Crippen molar-refractivity contribution in [3.05, 3.63) is 59.0 Å². The van der Waals surface area contributed by atoms with Gasteiger partial charge in [-0.15, -0.1) is 0 Å². The maximum absolute atomic E-state index is 12.6. The third-order valence-corrected chi connectivity index (χ3v) is 4.31. The molecule has 2 rings (SSSR count). The first-order valence-electron chi connectivity index (χ1n) is 8.86. The van der Waals surface area contributed by atoms with Crippen LogP contribution in [-0.2, 0) is 13.0 Å². The van der Waals surface area contributed by atoms with Gasteiger partial charge in [-0.05, 0) is 43.5 Å². The maximum Gasteiger partial charge on any atom is 0.118 e. The number of rotatable bonds is 6. The minimum absolute atomic E-state index is 0.457. The lowest BCUT2D eigenvalue weighted by atomic mass is 10.0. The van der Waals surface area contributed by atoms with Gasteiger partial charge in [0.05, 0.1) is 11.9 Å². The van der Waals surface area contributed by atoms with Crippen molar-refractivity contribution in [3.63, 3.8) is 0 Å². The van der Waals surface area contributed by atoms with E-state index in [4.69, 9.17) is 5.73 Å². The Bertz CT molecular complexity index is 761. The van der Waals surface area contributed by atoms with E-state index in [1.807, 2.05) is 12.1 Å². The van der Waals surface area contributed by atoms with Crippen LogP contribution in [0.4, 0.5) is 10.1 Å². The van der Waals surface area contributed by atoms with Crippen LogP contribution in [0.3, 0.4) is 0 Å². The van der Waals surface area contributed by atoms with Crippen LogP contribution in [0.2, 0.25) is 0 Å². The Kier molecular flexibility index (Phi) is 6.95. The lowest BCUT2D eigenvalue weighted by Crippen LogP contribution is -2.31. The Morgan fingerprint density at radius 3 is 2.88 bits per heavy atom. The third-order valence-electron chi connectivity index (χ3n) is 4.31. The van der Waals surface area contributed by atoms with E-state index in [-0.39, 0.29) is 0 Å². The Morgan fingerprint density at radius 1 is 1.46 bits per heavy atom. The summed E-state index contributed by atoms with van der Waals surface area (Å²) in [7, 11) is 1.69. The standard InChI is InChI=1S/C20H28FN5/c1-5-6-19(14(2)9-20(22)23-4)26-8-7-18-16(13-26)10-17(12-24-18)25-15(3)11-21/h6,9-12,25H,5,7-8,13H2,1-4H3,(H2,22,23)/b14-9-,15-11-,19-6-. The lowest BCUT2D eigenvalue weighted by Gasteiger charge is -2.33. The highest BCUT2D eigenvalue weighted by atomic mass is 19.1. The number of hydrogen-bond donors (Lipinski definition) is 2. The maximum atomic E-state index is 12.6. The topological polar surface area (TPSA) is 66.5 Å². The molecule has 26 heavy (non-hydrogen) atoms. The number of aliphatic imine (C=N–C) groups is 1. The van der Waals surface area contributed by atoms with E-state index in [1.165, 1.54) is 5.70 Å². The zero-order valence-electron chi connectivity index (χ0n) is 16.0. The minimum atomic E-state index is 0.457. The summed E-state index contributed by atoms with van der Waals surface area (Å²) in [5, 5.41) is 3.01. The fourth-order valence-corrected chi connectivity index (χ4v) is 3.05. The van der Waals surface area contributed by atoms with Crippen LogP contribution in [0, 0.1) is 0 Å². The van der Waals surface area contributed by atoms with E-state index < -0.39 is 0 Å². The molecule has 3 N–H and O–H groups in total. The van der Waals surface area contributed by atoms with Gasteiger partial charge in [0.25, 0.3) is 0 Å². The summed E-state index contributed by atoms with van der Waals surface area (Å²) in [6.07, 6.45) is 8.25. The van der Waals surface area contributed by atoms with Crippen LogP contribution in [0.15, 0.2) is 52.7 Å². The van der Waals surface area contributed by atoms with Gasteiger partial charge in [0.1, 0.15) is 12.2 Å². The number of amidine groups is 1. The molecule has 2 heterocycles. The van der Waals surface area contributed by atoms with Crippen molar-refractivity contribution >= 4 is 11.5 Å². The van der Waals surface area contributed by atoms with Crippen LogP contribution in [-0.4, -0.2) is 29.3 Å². The number of aromatic nitrogens is 1. The highest BCUT2D eigenvalue weighted by Crippen LogP contribution is 2.26. The first kappa shape index (κ1) is 19.7. The highest BCUT2D eigenvalue weighted by molar-refractivity contribution is 5.92. The van der Waals surface area contributed by atoms with E-state index in [9.17, 15) is 4.39 Å². The van der Waals surface area contributed by atoms with Gasteiger partial charge in [-0.1, -0.05) is 13.0 Å². The van der Waals surface area contributed by atoms with Crippen molar-refractivity contribution in [1.82, 2.24) is 9.88 Å². The normalized spacial score (nSPS) is 16.6. The van der Waals surface area contributed by atoms with E-state index in [0.29, 0.717) is 17.9 Å². The van der Waals surface area contributed by atoms with Gasteiger partial charge in [0.2, 0.25) is 0 Å². The van der Waals surface area contributed by atoms with Gasteiger partial charge in [-0.3, -0.25) is 9.98 Å². The molecule has 0 amide bonds. The predicted molar refractivity (Wildman–Crippen MR) is 107 cm³/mol. The minimum Gasteiger partial charge on any atom is -0.384 e. The van der Waals surface area contributed by atoms with E-state index in [0.717, 1.165) is 48.4 Å². The molecule has 0 fully saturated rings. The molecule has 0 radical (unpaired) electrons. The second-order valence-corrected chi connectivity index (χ2v) is 6.39. The average Bonchev–Trinajstić information content (AvgIpc) is 2.65. The number of hydrogen-bond acceptors (Lipinski definition) is 4. The summed E-state index contributed by atoms with van der Waals surface area (Å²) in [6, 6.07) is 2.05. The molecule has 1 aromatic rings. The molecule has 5 nitrogen and oxygen atoms in total. The monoisotopic (exact) mass is 357 g/mol. The van der Waals surface area contributed by atoms with Gasteiger partial charge in [0.15, 0.2) is 0 Å². The molecular formula is C20H28FN5. The molecule has 0 aliphatic carbocycles. The second-order valence-electron chi connectivity index (χ2n) is 6.39. The number of nitrogens with zero attached hydrogens (tertiary/aromatic N) is 3. The van der Waals surface area contributed by atoms with Gasteiger partial charge >= 0.3 is 0 Å². The zero-order chi connectivity index (χ0) is 19.1. The summed E-state index contributed by atoms with van der Waals surface area (Å²) in [4.78, 5) is 10.9. The summed E-state index contributed by atoms with van der Waals surface area (Å²) < 4.78 is 12.6. The quantitative estimate of drug-likeness (QED) is 0.460. The lowest BCUT2D eigenvalue weighted by molar-refractivity contribution is 0.324. The van der Waals surface area contributed by atoms with E-state index in [2.05, 4.69) is 40.1 Å². The van der Waals surface area contributed by atoms with Gasteiger partial charge in [0, 0.05) is 43.6 Å². The van der Waals surface area contributed by atoms with Crippen LogP contribution in [0.5, 0.6) is 0 Å². The van der Waals surface area contributed by atoms with E-state index >= 15 is 0 Å². The van der Waals surface area contributed by atoms with E-state index in [1.54, 1.807) is 20.2 Å². The second kappa shape index (κ2) is 9.17. The molecule has 0 bridgehead atoms. The molecule has 0 unspecified atom stereocenters. The Hall–Kier alpha value is -2.63. The summed E-state index contributed by atoms with van der Waals surface area (Å²) in [5.41, 5.74) is 11.6. The summed E-state index contributed by atoms with van der Waals surface area (Å²) >= 11 is 0.